The van der Waals surface area contributed by atoms with Crippen LogP contribution in [0.4, 0.5) is 5.82 Å². The van der Waals surface area contributed by atoms with Crippen LogP contribution in [0.3, 0.4) is 0 Å². The Bertz CT molecular complexity index is 755. The van der Waals surface area contributed by atoms with E-state index in [4.69, 9.17) is 0 Å². The van der Waals surface area contributed by atoms with Gasteiger partial charge in [0, 0.05) is 19.1 Å². The van der Waals surface area contributed by atoms with E-state index in [0.29, 0.717) is 5.69 Å². The molecule has 1 aromatic heterocycles. The third-order valence-corrected chi connectivity index (χ3v) is 5.20. The van der Waals surface area contributed by atoms with Crippen LogP contribution in [0.1, 0.15) is 47.3 Å². The summed E-state index contributed by atoms with van der Waals surface area (Å²) in [5.41, 5.74) is 3.18. The second kappa shape index (κ2) is 7.21. The summed E-state index contributed by atoms with van der Waals surface area (Å²) in [5, 5.41) is 3.17. The van der Waals surface area contributed by atoms with E-state index >= 15 is 0 Å². The van der Waals surface area contributed by atoms with Crippen molar-refractivity contribution in [3.05, 3.63) is 53.5 Å². The largest absolute Gasteiger partial charge is 0.355 e. The molecule has 1 unspecified atom stereocenters. The molecule has 2 aromatic rings. The van der Waals surface area contributed by atoms with Gasteiger partial charge in [0.1, 0.15) is 11.5 Å². The first-order chi connectivity index (χ1) is 12.3. The first-order valence-corrected chi connectivity index (χ1v) is 9.24. The van der Waals surface area contributed by atoms with Crippen LogP contribution in [0.25, 0.3) is 0 Å². The minimum atomic E-state index is -0.113. The zero-order chi connectivity index (χ0) is 17.1. The van der Waals surface area contributed by atoms with Gasteiger partial charge in [-0.15, -0.1) is 0 Å². The van der Waals surface area contributed by atoms with Crippen LogP contribution in [0, 0.1) is 0 Å². The number of nitrogens with zero attached hydrogens (tertiary/aromatic N) is 3. The Hall–Kier alpha value is -2.43. The molecular formula is C20H24N4O. The second-order valence-corrected chi connectivity index (χ2v) is 6.99. The highest BCUT2D eigenvalue weighted by molar-refractivity contribution is 5.92. The lowest BCUT2D eigenvalue weighted by atomic mass is 10.0. The summed E-state index contributed by atoms with van der Waals surface area (Å²) in [6, 6.07) is 8.71. The van der Waals surface area contributed by atoms with E-state index in [-0.39, 0.29) is 11.9 Å². The van der Waals surface area contributed by atoms with E-state index in [1.54, 1.807) is 12.4 Å². The van der Waals surface area contributed by atoms with Crippen molar-refractivity contribution in [3.8, 4) is 0 Å². The highest BCUT2D eigenvalue weighted by atomic mass is 16.1. The Morgan fingerprint density at radius 1 is 1.08 bits per heavy atom. The molecule has 25 heavy (non-hydrogen) atoms. The molecule has 5 heteroatoms. The molecule has 0 spiro atoms. The minimum Gasteiger partial charge on any atom is -0.355 e. The van der Waals surface area contributed by atoms with Crippen LogP contribution in [-0.4, -0.2) is 35.0 Å². The number of nitrogens with one attached hydrogen (secondary N) is 1. The maximum atomic E-state index is 12.7. The zero-order valence-electron chi connectivity index (χ0n) is 14.4. The molecule has 1 N–H and O–H groups in total. The number of amides is 1. The fraction of sp³-hybridized carbons (Fsp3) is 0.450. The van der Waals surface area contributed by atoms with Gasteiger partial charge in [0.2, 0.25) is 0 Å². The van der Waals surface area contributed by atoms with E-state index in [0.717, 1.165) is 44.6 Å². The Balaban J connectivity index is 1.46. The first kappa shape index (κ1) is 16.1. The highest BCUT2D eigenvalue weighted by Crippen LogP contribution is 2.21. The molecule has 1 saturated heterocycles. The lowest BCUT2D eigenvalue weighted by molar-refractivity contribution is 0.0929. The SMILES string of the molecule is O=C(NC1CCCc2ccccc2C1)c1cncc(N2CCCC2)n1. The van der Waals surface area contributed by atoms with Crippen molar-refractivity contribution in [3.63, 3.8) is 0 Å². The van der Waals surface area contributed by atoms with Gasteiger partial charge in [0.05, 0.1) is 12.4 Å². The highest BCUT2D eigenvalue weighted by Gasteiger charge is 2.21. The van der Waals surface area contributed by atoms with Gasteiger partial charge in [-0.05, 0) is 49.7 Å². The van der Waals surface area contributed by atoms with E-state index in [2.05, 4.69) is 44.5 Å². The van der Waals surface area contributed by atoms with E-state index < -0.39 is 0 Å². The summed E-state index contributed by atoms with van der Waals surface area (Å²) < 4.78 is 0. The molecule has 2 heterocycles. The molecule has 1 fully saturated rings. The standard InChI is InChI=1S/C20H24N4O/c25-20(18-13-21-14-19(23-18)24-10-3-4-11-24)22-17-9-5-8-15-6-1-2-7-16(15)12-17/h1-2,6-7,13-14,17H,3-5,8-12H2,(H,22,25). The number of carbonyl (C=O) groups is 1. The van der Waals surface area contributed by atoms with Gasteiger partial charge in [-0.2, -0.15) is 0 Å². The van der Waals surface area contributed by atoms with E-state index in [1.807, 2.05) is 0 Å². The summed E-state index contributed by atoms with van der Waals surface area (Å²) >= 11 is 0. The maximum absolute atomic E-state index is 12.7. The van der Waals surface area contributed by atoms with Crippen molar-refractivity contribution in [2.24, 2.45) is 0 Å². The van der Waals surface area contributed by atoms with E-state index in [1.165, 1.54) is 24.0 Å². The predicted molar refractivity (Wildman–Crippen MR) is 97.8 cm³/mol. The van der Waals surface area contributed by atoms with Gasteiger partial charge in [-0.3, -0.25) is 9.78 Å². The third-order valence-electron chi connectivity index (χ3n) is 5.20. The predicted octanol–water partition coefficient (Wildman–Crippen LogP) is 2.75. The molecule has 1 atom stereocenters. The number of aromatic nitrogens is 2. The first-order valence-electron chi connectivity index (χ1n) is 9.24. The molecule has 2 aliphatic rings. The summed E-state index contributed by atoms with van der Waals surface area (Å²) in [6.07, 6.45) is 9.76. The van der Waals surface area contributed by atoms with Crippen LogP contribution in [0.5, 0.6) is 0 Å². The number of fused-ring (bicyclic) bond motifs is 1. The number of hydrogen-bond donors (Lipinski definition) is 1. The van der Waals surface area contributed by atoms with E-state index in [9.17, 15) is 4.79 Å². The molecule has 1 aliphatic heterocycles. The normalized spacial score (nSPS) is 20.0. The summed E-state index contributed by atoms with van der Waals surface area (Å²) in [6.45, 7) is 2.00. The second-order valence-electron chi connectivity index (χ2n) is 6.99. The number of hydrogen-bond acceptors (Lipinski definition) is 4. The molecule has 5 nitrogen and oxygen atoms in total. The van der Waals surface area contributed by atoms with Crippen LogP contribution in [0.15, 0.2) is 36.7 Å². The molecule has 1 aromatic carbocycles. The van der Waals surface area contributed by atoms with Gasteiger partial charge in [-0.25, -0.2) is 4.98 Å². The Morgan fingerprint density at radius 2 is 1.88 bits per heavy atom. The van der Waals surface area contributed by atoms with Crippen LogP contribution in [-0.2, 0) is 12.8 Å². The summed E-state index contributed by atoms with van der Waals surface area (Å²) in [5.74, 6) is 0.703. The molecule has 4 rings (SSSR count). The third kappa shape index (κ3) is 3.65. The Kier molecular flexibility index (Phi) is 4.63. The van der Waals surface area contributed by atoms with Crippen LogP contribution < -0.4 is 10.2 Å². The molecule has 0 radical (unpaired) electrons. The molecular weight excluding hydrogens is 312 g/mol. The lowest BCUT2D eigenvalue weighted by Crippen LogP contribution is -2.36. The van der Waals surface area contributed by atoms with Crippen LogP contribution in [0.2, 0.25) is 0 Å². The lowest BCUT2D eigenvalue weighted by Gasteiger charge is -2.18. The fourth-order valence-electron chi connectivity index (χ4n) is 3.85. The quantitative estimate of drug-likeness (QED) is 0.876. The molecule has 0 bridgehead atoms. The molecule has 0 saturated carbocycles. The topological polar surface area (TPSA) is 58.1 Å². The van der Waals surface area contributed by atoms with Gasteiger partial charge >= 0.3 is 0 Å². The molecule has 1 amide bonds. The van der Waals surface area contributed by atoms with Crippen molar-refractivity contribution in [1.82, 2.24) is 15.3 Å². The number of anilines is 1. The Morgan fingerprint density at radius 3 is 2.72 bits per heavy atom. The molecule has 130 valence electrons. The van der Waals surface area contributed by atoms with Crippen molar-refractivity contribution >= 4 is 11.7 Å². The van der Waals surface area contributed by atoms with Crippen molar-refractivity contribution in [2.45, 2.75) is 44.6 Å². The zero-order valence-corrected chi connectivity index (χ0v) is 14.4. The summed E-state index contributed by atoms with van der Waals surface area (Å²) in [7, 11) is 0. The minimum absolute atomic E-state index is 0.113. The molecule has 1 aliphatic carbocycles. The van der Waals surface area contributed by atoms with Crippen molar-refractivity contribution < 1.29 is 4.79 Å². The van der Waals surface area contributed by atoms with Gasteiger partial charge < -0.3 is 10.2 Å². The number of aryl methyl sites for hydroxylation is 1. The van der Waals surface area contributed by atoms with Gasteiger partial charge in [0.25, 0.3) is 5.91 Å². The average Bonchev–Trinajstić information content (AvgIpc) is 3.10. The van der Waals surface area contributed by atoms with Gasteiger partial charge in [0.15, 0.2) is 0 Å². The van der Waals surface area contributed by atoms with Crippen molar-refractivity contribution in [1.29, 1.82) is 0 Å². The van der Waals surface area contributed by atoms with Gasteiger partial charge in [-0.1, -0.05) is 24.3 Å². The smallest absolute Gasteiger partial charge is 0.271 e. The fourth-order valence-corrected chi connectivity index (χ4v) is 3.85. The van der Waals surface area contributed by atoms with Crippen LogP contribution >= 0.6 is 0 Å². The van der Waals surface area contributed by atoms with Crippen molar-refractivity contribution in [2.75, 3.05) is 18.0 Å². The number of rotatable bonds is 3. The Labute approximate surface area is 148 Å². The monoisotopic (exact) mass is 336 g/mol. The summed E-state index contributed by atoms with van der Waals surface area (Å²) in [4.78, 5) is 23.6. The number of benzene rings is 1. The maximum Gasteiger partial charge on any atom is 0.271 e. The average molecular weight is 336 g/mol. The number of carbonyl (C=O) groups excluding carboxylic acids is 1.